The zero-order valence-corrected chi connectivity index (χ0v) is 7.94. The molecule has 1 N–H and O–H groups in total. The van der Waals surface area contributed by atoms with Crippen LogP contribution >= 0.6 is 0 Å². The smallest absolute Gasteiger partial charge is 0.324 e. The van der Waals surface area contributed by atoms with Gasteiger partial charge in [-0.15, -0.1) is 11.4 Å². The largest absolute Gasteiger partial charge is 0.467 e. The number of terminal acetylenes is 1. The van der Waals surface area contributed by atoms with Crippen molar-refractivity contribution in [1.82, 2.24) is 15.0 Å². The highest BCUT2D eigenvalue weighted by atomic mass is 16.5. The van der Waals surface area contributed by atoms with Gasteiger partial charge in [0.15, 0.2) is 0 Å². The van der Waals surface area contributed by atoms with E-state index in [1.54, 1.807) is 0 Å². The minimum absolute atomic E-state index is 0.177. The molecule has 74 valence electrons. The van der Waals surface area contributed by atoms with Gasteiger partial charge in [0.05, 0.1) is 20.8 Å². The number of methoxy groups -OCH3 is 2. The van der Waals surface area contributed by atoms with E-state index < -0.39 is 0 Å². The molecule has 1 heterocycles. The van der Waals surface area contributed by atoms with E-state index in [1.165, 1.54) is 14.2 Å². The molecule has 0 saturated heterocycles. The molecular formula is C8H10N4O2. The summed E-state index contributed by atoms with van der Waals surface area (Å²) in [5, 5.41) is 2.79. The summed E-state index contributed by atoms with van der Waals surface area (Å²) in [6.07, 6.45) is 5.07. The number of aromatic nitrogens is 3. The van der Waals surface area contributed by atoms with Crippen molar-refractivity contribution in [3.05, 3.63) is 0 Å². The molecule has 0 aliphatic carbocycles. The summed E-state index contributed by atoms with van der Waals surface area (Å²) in [4.78, 5) is 11.6. The Balaban J connectivity index is 2.87. The van der Waals surface area contributed by atoms with Gasteiger partial charge in [0, 0.05) is 0 Å². The van der Waals surface area contributed by atoms with Gasteiger partial charge < -0.3 is 14.8 Å². The highest BCUT2D eigenvalue weighted by molar-refractivity contribution is 5.29. The lowest BCUT2D eigenvalue weighted by Gasteiger charge is -2.04. The van der Waals surface area contributed by atoms with Crippen LogP contribution in [0.3, 0.4) is 0 Å². The van der Waals surface area contributed by atoms with Crippen molar-refractivity contribution in [2.45, 2.75) is 0 Å². The summed E-state index contributed by atoms with van der Waals surface area (Å²) >= 11 is 0. The molecule has 0 aromatic carbocycles. The van der Waals surface area contributed by atoms with Crippen LogP contribution in [-0.2, 0) is 0 Å². The van der Waals surface area contributed by atoms with E-state index in [0.29, 0.717) is 12.5 Å². The molecule has 0 amide bonds. The third-order valence-electron chi connectivity index (χ3n) is 1.31. The molecule has 0 unspecified atom stereocenters. The standard InChI is InChI=1S/C8H10N4O2/c1-4-5-9-6-10-7(13-2)12-8(11-6)14-3/h1H,5H2,2-3H3,(H,9,10,11,12). The average molecular weight is 194 g/mol. The lowest BCUT2D eigenvalue weighted by molar-refractivity contribution is 0.341. The molecule has 0 bridgehead atoms. The minimum Gasteiger partial charge on any atom is -0.467 e. The quantitative estimate of drug-likeness (QED) is 0.677. The van der Waals surface area contributed by atoms with Crippen molar-refractivity contribution in [2.75, 3.05) is 26.1 Å². The van der Waals surface area contributed by atoms with Gasteiger partial charge in [-0.1, -0.05) is 5.92 Å². The molecule has 1 aromatic rings. The van der Waals surface area contributed by atoms with Gasteiger partial charge in [0.25, 0.3) is 0 Å². The van der Waals surface area contributed by atoms with Gasteiger partial charge in [-0.2, -0.15) is 9.97 Å². The number of nitrogens with zero attached hydrogens (tertiary/aromatic N) is 3. The van der Waals surface area contributed by atoms with Crippen LogP contribution < -0.4 is 14.8 Å². The Bertz CT molecular complexity index is 325. The lowest BCUT2D eigenvalue weighted by atomic mass is 10.6. The third-order valence-corrected chi connectivity index (χ3v) is 1.31. The number of anilines is 1. The van der Waals surface area contributed by atoms with Crippen LogP contribution in [0.15, 0.2) is 0 Å². The minimum atomic E-state index is 0.177. The summed E-state index contributed by atoms with van der Waals surface area (Å²) in [6, 6.07) is 0.354. The van der Waals surface area contributed by atoms with Crippen molar-refractivity contribution < 1.29 is 9.47 Å². The molecule has 0 atom stereocenters. The van der Waals surface area contributed by atoms with Crippen molar-refractivity contribution in [3.8, 4) is 24.4 Å². The Morgan fingerprint density at radius 1 is 1.21 bits per heavy atom. The van der Waals surface area contributed by atoms with E-state index in [9.17, 15) is 0 Å². The maximum absolute atomic E-state index is 5.07. The first kappa shape index (κ1) is 10.1. The Hall–Kier alpha value is -2.03. The SMILES string of the molecule is C#CCNc1nc(OC)nc(OC)n1. The second-order valence-corrected chi connectivity index (χ2v) is 2.19. The maximum Gasteiger partial charge on any atom is 0.324 e. The summed E-state index contributed by atoms with van der Waals surface area (Å²) in [7, 11) is 2.92. The van der Waals surface area contributed by atoms with E-state index in [-0.39, 0.29) is 12.0 Å². The predicted octanol–water partition coefficient (Wildman–Crippen LogP) is -0.0661. The molecule has 0 radical (unpaired) electrons. The number of hydrogen-bond acceptors (Lipinski definition) is 6. The maximum atomic E-state index is 5.07. The first-order valence-corrected chi connectivity index (χ1v) is 3.81. The van der Waals surface area contributed by atoms with E-state index >= 15 is 0 Å². The molecule has 6 heteroatoms. The first-order valence-electron chi connectivity index (χ1n) is 3.81. The highest BCUT2D eigenvalue weighted by Gasteiger charge is 2.05. The number of hydrogen-bond donors (Lipinski definition) is 1. The van der Waals surface area contributed by atoms with Crippen molar-refractivity contribution in [2.24, 2.45) is 0 Å². The van der Waals surface area contributed by atoms with Gasteiger partial charge in [0.1, 0.15) is 0 Å². The van der Waals surface area contributed by atoms with E-state index in [1.807, 2.05) is 0 Å². The molecule has 0 aliphatic rings. The molecule has 14 heavy (non-hydrogen) atoms. The van der Waals surface area contributed by atoms with Crippen molar-refractivity contribution in [3.63, 3.8) is 0 Å². The fourth-order valence-corrected chi connectivity index (χ4v) is 0.730. The number of nitrogens with one attached hydrogen (secondary N) is 1. The second kappa shape index (κ2) is 4.87. The molecular weight excluding hydrogens is 184 g/mol. The predicted molar refractivity (Wildman–Crippen MR) is 50.3 cm³/mol. The average Bonchev–Trinajstić information content (AvgIpc) is 2.25. The summed E-state index contributed by atoms with van der Waals surface area (Å²) in [5.41, 5.74) is 0. The number of rotatable bonds is 4. The van der Waals surface area contributed by atoms with Gasteiger partial charge in [0.2, 0.25) is 5.95 Å². The van der Waals surface area contributed by atoms with Gasteiger partial charge in [-0.05, 0) is 0 Å². The first-order chi connectivity index (χ1) is 6.80. The third kappa shape index (κ3) is 2.48. The van der Waals surface area contributed by atoms with Gasteiger partial charge in [-0.25, -0.2) is 0 Å². The van der Waals surface area contributed by atoms with Crippen LogP contribution in [0.4, 0.5) is 5.95 Å². The normalized spacial score (nSPS) is 8.93. The molecule has 0 saturated carbocycles. The Kier molecular flexibility index (Phi) is 3.49. The van der Waals surface area contributed by atoms with Gasteiger partial charge in [-0.3, -0.25) is 0 Å². The molecule has 1 rings (SSSR count). The summed E-state index contributed by atoms with van der Waals surface area (Å²) < 4.78 is 9.69. The Morgan fingerprint density at radius 2 is 1.79 bits per heavy atom. The lowest BCUT2D eigenvalue weighted by Crippen LogP contribution is -2.07. The van der Waals surface area contributed by atoms with Crippen LogP contribution in [0.1, 0.15) is 0 Å². The van der Waals surface area contributed by atoms with Crippen LogP contribution in [0.25, 0.3) is 0 Å². The Morgan fingerprint density at radius 3 is 2.21 bits per heavy atom. The van der Waals surface area contributed by atoms with Crippen LogP contribution in [0.2, 0.25) is 0 Å². The summed E-state index contributed by atoms with van der Waals surface area (Å²) in [6.45, 7) is 0.330. The van der Waals surface area contributed by atoms with E-state index in [4.69, 9.17) is 15.9 Å². The van der Waals surface area contributed by atoms with Crippen molar-refractivity contribution >= 4 is 5.95 Å². The number of ether oxygens (including phenoxy) is 2. The van der Waals surface area contributed by atoms with Crippen LogP contribution in [0, 0.1) is 12.3 Å². The van der Waals surface area contributed by atoms with E-state index in [2.05, 4.69) is 26.2 Å². The topological polar surface area (TPSA) is 69.2 Å². The zero-order chi connectivity index (χ0) is 10.4. The molecule has 0 fully saturated rings. The van der Waals surface area contributed by atoms with Crippen LogP contribution in [-0.4, -0.2) is 35.7 Å². The molecule has 6 nitrogen and oxygen atoms in total. The fraction of sp³-hybridized carbons (Fsp3) is 0.375. The van der Waals surface area contributed by atoms with E-state index in [0.717, 1.165) is 0 Å². The zero-order valence-electron chi connectivity index (χ0n) is 7.94. The molecule has 0 aliphatic heterocycles. The second-order valence-electron chi connectivity index (χ2n) is 2.19. The monoisotopic (exact) mass is 194 g/mol. The molecule has 0 spiro atoms. The molecule has 1 aromatic heterocycles. The van der Waals surface area contributed by atoms with Crippen LogP contribution in [0.5, 0.6) is 12.0 Å². The van der Waals surface area contributed by atoms with Crippen molar-refractivity contribution in [1.29, 1.82) is 0 Å². The summed E-state index contributed by atoms with van der Waals surface area (Å²) in [5.74, 6) is 2.72. The fourth-order valence-electron chi connectivity index (χ4n) is 0.730. The Labute approximate surface area is 81.7 Å². The highest BCUT2D eigenvalue weighted by Crippen LogP contribution is 2.11. The van der Waals surface area contributed by atoms with Gasteiger partial charge >= 0.3 is 12.0 Å².